The van der Waals surface area contributed by atoms with Gasteiger partial charge in [0.1, 0.15) is 0 Å². The molecule has 4 aliphatic rings. The van der Waals surface area contributed by atoms with Crippen LogP contribution in [0.15, 0.2) is 30.3 Å². The fraction of sp³-hybridized carbons (Fsp3) is 0.708. The van der Waals surface area contributed by atoms with Gasteiger partial charge in [0.2, 0.25) is 5.91 Å². The Morgan fingerprint density at radius 3 is 2.57 bits per heavy atom. The number of carbonyl (C=O) groups excluding carboxylic acids is 1. The number of amides is 1. The van der Waals surface area contributed by atoms with E-state index in [4.69, 9.17) is 15.0 Å². The molecular formula is C24H37BN2O3. The summed E-state index contributed by atoms with van der Waals surface area (Å²) >= 11 is 0. The van der Waals surface area contributed by atoms with Gasteiger partial charge in [0.25, 0.3) is 0 Å². The Balaban J connectivity index is 1.44. The Bertz CT molecular complexity index is 771. The van der Waals surface area contributed by atoms with Gasteiger partial charge in [-0.1, -0.05) is 58.0 Å². The molecule has 1 aliphatic heterocycles. The molecule has 1 unspecified atom stereocenters. The van der Waals surface area contributed by atoms with E-state index in [0.717, 1.165) is 18.4 Å². The molecule has 0 radical (unpaired) electrons. The topological polar surface area (TPSA) is 73.6 Å². The van der Waals surface area contributed by atoms with Crippen molar-refractivity contribution in [1.82, 2.24) is 5.32 Å². The third-order valence-corrected chi connectivity index (χ3v) is 7.99. The van der Waals surface area contributed by atoms with Gasteiger partial charge in [0.15, 0.2) is 0 Å². The Labute approximate surface area is 181 Å². The van der Waals surface area contributed by atoms with Gasteiger partial charge in [0.05, 0.1) is 23.7 Å². The highest BCUT2D eigenvalue weighted by Crippen LogP contribution is 2.65. The lowest BCUT2D eigenvalue weighted by molar-refractivity contribution is -0.199. The molecule has 6 atom stereocenters. The van der Waals surface area contributed by atoms with Crippen LogP contribution in [0.4, 0.5) is 0 Å². The number of benzene rings is 1. The molecule has 1 heterocycles. The van der Waals surface area contributed by atoms with E-state index < -0.39 is 13.2 Å². The maximum Gasteiger partial charge on any atom is 0.481 e. The second kappa shape index (κ2) is 7.96. The summed E-state index contributed by atoms with van der Waals surface area (Å²) in [6, 6.07) is 9.32. The molecule has 1 aromatic rings. The highest BCUT2D eigenvalue weighted by molar-refractivity contribution is 6.47. The van der Waals surface area contributed by atoms with Crippen molar-refractivity contribution in [2.75, 3.05) is 0 Å². The fourth-order valence-electron chi connectivity index (χ4n) is 6.07. The summed E-state index contributed by atoms with van der Waals surface area (Å²) in [7, 11) is -0.412. The van der Waals surface area contributed by atoms with Crippen LogP contribution in [0.3, 0.4) is 0 Å². The summed E-state index contributed by atoms with van der Waals surface area (Å²) < 4.78 is 13.1. The second-order valence-electron chi connectivity index (χ2n) is 10.9. The Hall–Kier alpha value is -1.37. The predicted octanol–water partition coefficient (Wildman–Crippen LogP) is 3.35. The normalized spacial score (nSPS) is 33.6. The van der Waals surface area contributed by atoms with Gasteiger partial charge in [-0.25, -0.2) is 0 Å². The van der Waals surface area contributed by atoms with Crippen LogP contribution in [0.25, 0.3) is 0 Å². The first-order valence-corrected chi connectivity index (χ1v) is 11.5. The lowest BCUT2D eigenvalue weighted by Gasteiger charge is -2.64. The second-order valence-corrected chi connectivity index (χ2v) is 10.9. The minimum atomic E-state index is -0.590. The zero-order valence-electron chi connectivity index (χ0n) is 19.1. The van der Waals surface area contributed by atoms with Crippen molar-refractivity contribution in [2.45, 2.75) is 84.0 Å². The molecular weight excluding hydrogens is 375 g/mol. The first kappa shape index (κ1) is 21.9. The molecule has 30 heavy (non-hydrogen) atoms. The lowest BCUT2D eigenvalue weighted by Crippen LogP contribution is -2.65. The molecule has 3 N–H and O–H groups in total. The van der Waals surface area contributed by atoms with Gasteiger partial charge in [0, 0.05) is 0 Å². The smallest absolute Gasteiger partial charge is 0.404 e. The van der Waals surface area contributed by atoms with Gasteiger partial charge in [-0.15, -0.1) is 0 Å². The van der Waals surface area contributed by atoms with Crippen LogP contribution in [0.1, 0.15) is 59.4 Å². The molecule has 1 saturated heterocycles. The van der Waals surface area contributed by atoms with E-state index in [0.29, 0.717) is 29.6 Å². The monoisotopic (exact) mass is 412 g/mol. The van der Waals surface area contributed by atoms with E-state index in [2.05, 4.69) is 39.9 Å². The van der Waals surface area contributed by atoms with Crippen molar-refractivity contribution in [3.05, 3.63) is 35.9 Å². The van der Waals surface area contributed by atoms with Crippen LogP contribution >= 0.6 is 0 Å². The number of hydrogen-bond donors (Lipinski definition) is 2. The molecule has 164 valence electrons. The summed E-state index contributed by atoms with van der Waals surface area (Å²) in [6.07, 6.45) is 3.70. The molecule has 3 saturated carbocycles. The molecule has 4 fully saturated rings. The average Bonchev–Trinajstić information content (AvgIpc) is 3.04. The number of hydrogen-bond acceptors (Lipinski definition) is 4. The van der Waals surface area contributed by atoms with Crippen LogP contribution in [0.5, 0.6) is 0 Å². The van der Waals surface area contributed by atoms with Crippen LogP contribution in [0, 0.1) is 23.2 Å². The van der Waals surface area contributed by atoms with Crippen LogP contribution < -0.4 is 11.1 Å². The zero-order chi connectivity index (χ0) is 21.7. The molecule has 2 bridgehead atoms. The molecule has 1 aromatic carbocycles. The standard InChI is InChI=1S/C24H37BN2O3/c1-15(2)11-21(27-22(28)18(26)12-16-9-7-6-8-10-16)25-29-20-14-17-13-19(23(17,3)4)24(20,5)30-25/h6-10,15,17-21H,11-14,26H2,1-5H3,(H,27,28)/t17?,18-,19-,20+,21-,24-/m0/s1. The van der Waals surface area contributed by atoms with Gasteiger partial charge in [-0.05, 0) is 61.3 Å². The SMILES string of the molecule is CC(C)C[C@H](NC(=O)[C@@H](N)Cc1ccccc1)B1O[C@@H]2CC3C[C@@H](C3(C)C)[C@]2(C)O1. The Morgan fingerprint density at radius 1 is 1.23 bits per heavy atom. The minimum absolute atomic E-state index is 0.115. The number of carbonyl (C=O) groups is 1. The number of nitrogens with two attached hydrogens (primary N) is 1. The first-order chi connectivity index (χ1) is 14.1. The lowest BCUT2D eigenvalue weighted by atomic mass is 9.43. The van der Waals surface area contributed by atoms with Gasteiger partial charge >= 0.3 is 7.12 Å². The van der Waals surface area contributed by atoms with E-state index in [9.17, 15) is 4.79 Å². The van der Waals surface area contributed by atoms with E-state index in [-0.39, 0.29) is 23.6 Å². The predicted molar refractivity (Wildman–Crippen MR) is 120 cm³/mol. The van der Waals surface area contributed by atoms with Crippen molar-refractivity contribution in [1.29, 1.82) is 0 Å². The molecule has 5 rings (SSSR count). The maximum absolute atomic E-state index is 12.9. The van der Waals surface area contributed by atoms with Crippen LogP contribution in [-0.2, 0) is 20.5 Å². The van der Waals surface area contributed by atoms with E-state index >= 15 is 0 Å². The summed E-state index contributed by atoms with van der Waals surface area (Å²) in [6.45, 7) is 11.3. The molecule has 0 spiro atoms. The van der Waals surface area contributed by atoms with E-state index in [1.54, 1.807) is 0 Å². The quantitative estimate of drug-likeness (QED) is 0.674. The van der Waals surface area contributed by atoms with Gasteiger partial charge in [-0.2, -0.15) is 0 Å². The van der Waals surface area contributed by atoms with Gasteiger partial charge < -0.3 is 20.4 Å². The fourth-order valence-corrected chi connectivity index (χ4v) is 6.07. The van der Waals surface area contributed by atoms with Gasteiger partial charge in [-0.3, -0.25) is 4.79 Å². The third kappa shape index (κ3) is 3.83. The minimum Gasteiger partial charge on any atom is -0.404 e. The largest absolute Gasteiger partial charge is 0.481 e. The Morgan fingerprint density at radius 2 is 1.93 bits per heavy atom. The molecule has 0 aromatic heterocycles. The first-order valence-electron chi connectivity index (χ1n) is 11.5. The van der Waals surface area contributed by atoms with Crippen molar-refractivity contribution in [3.8, 4) is 0 Å². The molecule has 3 aliphatic carbocycles. The molecule has 6 heteroatoms. The summed E-state index contributed by atoms with van der Waals surface area (Å²) in [5, 5.41) is 3.17. The molecule has 5 nitrogen and oxygen atoms in total. The number of nitrogens with one attached hydrogen (secondary N) is 1. The maximum atomic E-state index is 12.9. The highest BCUT2D eigenvalue weighted by atomic mass is 16.7. The van der Waals surface area contributed by atoms with Crippen molar-refractivity contribution in [2.24, 2.45) is 28.9 Å². The van der Waals surface area contributed by atoms with E-state index in [1.165, 1.54) is 6.42 Å². The summed E-state index contributed by atoms with van der Waals surface area (Å²) in [5.41, 5.74) is 7.34. The van der Waals surface area contributed by atoms with E-state index in [1.807, 2.05) is 30.3 Å². The van der Waals surface area contributed by atoms with Crippen molar-refractivity contribution < 1.29 is 14.1 Å². The third-order valence-electron chi connectivity index (χ3n) is 7.99. The molecule has 1 amide bonds. The zero-order valence-corrected chi connectivity index (χ0v) is 19.1. The Kier molecular flexibility index (Phi) is 5.80. The van der Waals surface area contributed by atoms with Crippen LogP contribution in [0.2, 0.25) is 0 Å². The van der Waals surface area contributed by atoms with Crippen LogP contribution in [-0.4, -0.2) is 36.7 Å². The average molecular weight is 412 g/mol. The number of rotatable bonds is 7. The summed E-state index contributed by atoms with van der Waals surface area (Å²) in [5.74, 6) is 1.30. The van der Waals surface area contributed by atoms with Crippen molar-refractivity contribution >= 4 is 13.0 Å². The highest BCUT2D eigenvalue weighted by Gasteiger charge is 2.68. The summed E-state index contributed by atoms with van der Waals surface area (Å²) in [4.78, 5) is 12.9. The van der Waals surface area contributed by atoms with Crippen molar-refractivity contribution in [3.63, 3.8) is 0 Å².